The molecular weight excluding hydrogens is 404 g/mol. The first-order valence-corrected chi connectivity index (χ1v) is 11.4. The molecule has 1 N–H and O–H groups in total. The van der Waals surface area contributed by atoms with Gasteiger partial charge in [-0.1, -0.05) is 32.0 Å². The molecule has 2 aromatic heterocycles. The van der Waals surface area contributed by atoms with Gasteiger partial charge in [-0.2, -0.15) is 4.98 Å². The van der Waals surface area contributed by atoms with Crippen LogP contribution in [0.1, 0.15) is 56.7 Å². The third kappa shape index (κ3) is 4.22. The number of rotatable bonds is 6. The molecule has 3 aromatic rings. The van der Waals surface area contributed by atoms with E-state index in [2.05, 4.69) is 32.1 Å². The molecule has 1 aliphatic heterocycles. The second-order valence-corrected chi connectivity index (χ2v) is 8.29. The van der Waals surface area contributed by atoms with Crippen LogP contribution >= 0.6 is 0 Å². The van der Waals surface area contributed by atoms with Crippen LogP contribution in [0.15, 0.2) is 35.5 Å². The zero-order chi connectivity index (χ0) is 22.7. The Bertz CT molecular complexity index is 1180. The number of amides is 1. The molecule has 8 nitrogen and oxygen atoms in total. The van der Waals surface area contributed by atoms with E-state index in [1.807, 2.05) is 32.0 Å². The van der Waals surface area contributed by atoms with Crippen molar-refractivity contribution in [3.63, 3.8) is 0 Å². The maximum atomic E-state index is 13.2. The van der Waals surface area contributed by atoms with Gasteiger partial charge in [0.2, 0.25) is 11.9 Å². The third-order valence-electron chi connectivity index (χ3n) is 6.18. The molecule has 0 radical (unpaired) electrons. The number of carbonyl (C=O) groups excluding carboxylic acids is 1. The van der Waals surface area contributed by atoms with Crippen molar-refractivity contribution in [2.45, 2.75) is 58.9 Å². The molecule has 1 saturated heterocycles. The van der Waals surface area contributed by atoms with Crippen molar-refractivity contribution in [1.82, 2.24) is 19.5 Å². The van der Waals surface area contributed by atoms with Crippen molar-refractivity contribution in [2.24, 2.45) is 0 Å². The fraction of sp³-hybridized carbons (Fsp3) is 0.458. The van der Waals surface area contributed by atoms with Gasteiger partial charge in [0.15, 0.2) is 5.65 Å². The van der Waals surface area contributed by atoms with Gasteiger partial charge < -0.3 is 10.2 Å². The molecule has 32 heavy (non-hydrogen) atoms. The summed E-state index contributed by atoms with van der Waals surface area (Å²) in [6, 6.07) is 5.28. The van der Waals surface area contributed by atoms with Gasteiger partial charge in [0.1, 0.15) is 17.8 Å². The van der Waals surface area contributed by atoms with Gasteiger partial charge in [0.25, 0.3) is 5.56 Å². The lowest BCUT2D eigenvalue weighted by Crippen LogP contribution is -2.34. The van der Waals surface area contributed by atoms with Crippen LogP contribution in [0.3, 0.4) is 0 Å². The number of aromatic nitrogens is 4. The highest BCUT2D eigenvalue weighted by atomic mass is 16.2. The second-order valence-electron chi connectivity index (χ2n) is 8.29. The number of hydrogen-bond donors (Lipinski definition) is 1. The standard InChI is InChI=1S/C24H30N6O2/c1-4-17-11-9-10-16(3)20(17)27-22(31)19(5-2)30-15-26-21-18(23(30)32)14-25-24(28-21)29-12-7-6-8-13-29/h9-11,14-15,19H,4-8,12-13H2,1-3H3,(H,27,31)/t19-/m1/s1. The first-order chi connectivity index (χ1) is 15.5. The lowest BCUT2D eigenvalue weighted by Gasteiger charge is -2.26. The number of fused-ring (bicyclic) bond motifs is 1. The number of aryl methyl sites for hydroxylation is 2. The maximum absolute atomic E-state index is 13.2. The Balaban J connectivity index is 1.64. The van der Waals surface area contributed by atoms with E-state index < -0.39 is 6.04 Å². The summed E-state index contributed by atoms with van der Waals surface area (Å²) in [4.78, 5) is 41.9. The number of anilines is 2. The van der Waals surface area contributed by atoms with E-state index in [1.54, 1.807) is 6.20 Å². The van der Waals surface area contributed by atoms with Gasteiger partial charge in [-0.15, -0.1) is 0 Å². The van der Waals surface area contributed by atoms with E-state index in [9.17, 15) is 9.59 Å². The van der Waals surface area contributed by atoms with Crippen LogP contribution in [0.2, 0.25) is 0 Å². The van der Waals surface area contributed by atoms with E-state index in [1.165, 1.54) is 17.3 Å². The predicted octanol–water partition coefficient (Wildman–Crippen LogP) is 3.64. The van der Waals surface area contributed by atoms with Crippen molar-refractivity contribution >= 4 is 28.6 Å². The van der Waals surface area contributed by atoms with Crippen LogP contribution in [-0.2, 0) is 11.2 Å². The summed E-state index contributed by atoms with van der Waals surface area (Å²) >= 11 is 0. The number of para-hydroxylation sites is 1. The van der Waals surface area contributed by atoms with Gasteiger partial charge in [-0.05, 0) is 50.2 Å². The normalized spacial score (nSPS) is 15.0. The van der Waals surface area contributed by atoms with Crippen molar-refractivity contribution in [3.8, 4) is 0 Å². The molecule has 0 saturated carbocycles. The molecule has 1 aliphatic rings. The van der Waals surface area contributed by atoms with Crippen molar-refractivity contribution < 1.29 is 4.79 Å². The van der Waals surface area contributed by atoms with Gasteiger partial charge in [0, 0.05) is 25.0 Å². The number of hydrogen-bond acceptors (Lipinski definition) is 6. The molecule has 3 heterocycles. The van der Waals surface area contributed by atoms with Gasteiger partial charge in [0.05, 0.1) is 0 Å². The Kier molecular flexibility index (Phi) is 6.48. The minimum Gasteiger partial charge on any atom is -0.341 e. The largest absolute Gasteiger partial charge is 0.341 e. The maximum Gasteiger partial charge on any atom is 0.265 e. The zero-order valence-corrected chi connectivity index (χ0v) is 19.0. The molecule has 4 rings (SSSR count). The highest BCUT2D eigenvalue weighted by molar-refractivity contribution is 5.95. The average Bonchev–Trinajstić information content (AvgIpc) is 2.82. The van der Waals surface area contributed by atoms with Crippen LogP contribution in [0, 0.1) is 6.92 Å². The fourth-order valence-electron chi connectivity index (χ4n) is 4.31. The first kappa shape index (κ1) is 21.9. The van der Waals surface area contributed by atoms with E-state index >= 15 is 0 Å². The number of piperidine rings is 1. The third-order valence-corrected chi connectivity index (χ3v) is 6.18. The number of nitrogens with one attached hydrogen (secondary N) is 1. The summed E-state index contributed by atoms with van der Waals surface area (Å²) in [6.45, 7) is 7.74. The summed E-state index contributed by atoms with van der Waals surface area (Å²) in [5.41, 5.74) is 2.94. The summed E-state index contributed by atoms with van der Waals surface area (Å²) < 4.78 is 1.39. The Morgan fingerprint density at radius 1 is 1.16 bits per heavy atom. The Morgan fingerprint density at radius 2 is 1.94 bits per heavy atom. The monoisotopic (exact) mass is 434 g/mol. The molecule has 8 heteroatoms. The summed E-state index contributed by atoms with van der Waals surface area (Å²) in [5.74, 6) is 0.379. The van der Waals surface area contributed by atoms with Crippen molar-refractivity contribution in [1.29, 1.82) is 0 Å². The SMILES string of the molecule is CCc1cccc(C)c1NC(=O)[C@@H](CC)n1cnc2nc(N3CCCCC3)ncc2c1=O. The molecule has 0 spiro atoms. The highest BCUT2D eigenvalue weighted by Gasteiger charge is 2.23. The molecule has 1 fully saturated rings. The van der Waals surface area contributed by atoms with Crippen molar-refractivity contribution in [3.05, 3.63) is 52.2 Å². The molecule has 0 aliphatic carbocycles. The Labute approximate surface area is 187 Å². The number of benzene rings is 1. The molecule has 1 aromatic carbocycles. The van der Waals surface area contributed by atoms with E-state index in [0.717, 1.165) is 49.2 Å². The van der Waals surface area contributed by atoms with Gasteiger partial charge >= 0.3 is 0 Å². The van der Waals surface area contributed by atoms with E-state index in [4.69, 9.17) is 0 Å². The van der Waals surface area contributed by atoms with E-state index in [0.29, 0.717) is 23.4 Å². The molecule has 0 unspecified atom stereocenters. The fourth-order valence-corrected chi connectivity index (χ4v) is 4.31. The van der Waals surface area contributed by atoms with Crippen LogP contribution < -0.4 is 15.8 Å². The Hall–Kier alpha value is -3.29. The smallest absolute Gasteiger partial charge is 0.265 e. The van der Waals surface area contributed by atoms with Crippen LogP contribution in [0.5, 0.6) is 0 Å². The minimum atomic E-state index is -0.675. The summed E-state index contributed by atoms with van der Waals surface area (Å²) in [5, 5.41) is 3.37. The number of nitrogens with zero attached hydrogens (tertiary/aromatic N) is 5. The Morgan fingerprint density at radius 3 is 2.66 bits per heavy atom. The van der Waals surface area contributed by atoms with Gasteiger partial charge in [-0.25, -0.2) is 9.97 Å². The molecule has 1 amide bonds. The minimum absolute atomic E-state index is 0.231. The molecule has 168 valence electrons. The van der Waals surface area contributed by atoms with Gasteiger partial charge in [-0.3, -0.25) is 14.2 Å². The molecular formula is C24H30N6O2. The first-order valence-electron chi connectivity index (χ1n) is 11.4. The predicted molar refractivity (Wildman–Crippen MR) is 126 cm³/mol. The summed E-state index contributed by atoms with van der Waals surface area (Å²) in [6.07, 6.45) is 7.69. The van der Waals surface area contributed by atoms with E-state index in [-0.39, 0.29) is 11.5 Å². The number of carbonyl (C=O) groups is 1. The highest BCUT2D eigenvalue weighted by Crippen LogP contribution is 2.23. The lowest BCUT2D eigenvalue weighted by atomic mass is 10.1. The molecule has 0 bridgehead atoms. The lowest BCUT2D eigenvalue weighted by molar-refractivity contribution is -0.119. The van der Waals surface area contributed by atoms with Crippen molar-refractivity contribution in [2.75, 3.05) is 23.3 Å². The van der Waals surface area contributed by atoms with Crippen LogP contribution in [-0.4, -0.2) is 38.5 Å². The second kappa shape index (κ2) is 9.46. The summed E-state index contributed by atoms with van der Waals surface area (Å²) in [7, 11) is 0. The van der Waals surface area contributed by atoms with Crippen LogP contribution in [0.4, 0.5) is 11.6 Å². The topological polar surface area (TPSA) is 93.0 Å². The van der Waals surface area contributed by atoms with Crippen LogP contribution in [0.25, 0.3) is 11.0 Å². The average molecular weight is 435 g/mol. The zero-order valence-electron chi connectivity index (χ0n) is 19.0. The quantitative estimate of drug-likeness (QED) is 0.637. The molecule has 1 atom stereocenters.